The van der Waals surface area contributed by atoms with Crippen LogP contribution in [0.25, 0.3) is 32.4 Å². The maximum Gasteiger partial charge on any atom is 0.184 e. The number of hydrogen-bond donors (Lipinski definition) is 0. The predicted molar refractivity (Wildman–Crippen MR) is 79.2 cm³/mol. The number of pyridine rings is 1. The Labute approximate surface area is 118 Å². The summed E-state index contributed by atoms with van der Waals surface area (Å²) in [5.74, 6) is 1.51. The van der Waals surface area contributed by atoms with E-state index >= 15 is 0 Å². The maximum absolute atomic E-state index is 5.54. The van der Waals surface area contributed by atoms with Crippen LogP contribution in [-0.4, -0.2) is 17.3 Å². The molecular weight excluding hydrogens is 272 g/mol. The molecule has 0 N–H and O–H groups in total. The maximum atomic E-state index is 5.54. The van der Waals surface area contributed by atoms with E-state index < -0.39 is 0 Å². The van der Waals surface area contributed by atoms with Crippen LogP contribution in [0.1, 0.15) is 0 Å². The van der Waals surface area contributed by atoms with Crippen molar-refractivity contribution in [3.05, 3.63) is 41.9 Å². The predicted octanol–water partition coefficient (Wildman–Crippen LogP) is 4.11. The van der Waals surface area contributed by atoms with E-state index in [-0.39, 0.29) is 0 Å². The highest BCUT2D eigenvalue weighted by molar-refractivity contribution is 7.13. The van der Waals surface area contributed by atoms with Crippen LogP contribution in [-0.2, 0) is 0 Å². The third kappa shape index (κ3) is 1.53. The molecule has 5 heteroatoms. The number of benzene rings is 1. The molecule has 0 saturated carbocycles. The summed E-state index contributed by atoms with van der Waals surface area (Å²) in [6.45, 7) is 0. The third-order valence-corrected chi connectivity index (χ3v) is 4.13. The smallest absolute Gasteiger partial charge is 0.184 e. The molecule has 0 unspecified atom stereocenters. The van der Waals surface area contributed by atoms with Crippen molar-refractivity contribution >= 4 is 33.1 Å². The molecule has 4 rings (SSSR count). The third-order valence-electron chi connectivity index (χ3n) is 3.26. The zero-order valence-corrected chi connectivity index (χ0v) is 11.5. The van der Waals surface area contributed by atoms with Crippen LogP contribution in [0.2, 0.25) is 0 Å². The first-order valence-corrected chi connectivity index (χ1v) is 7.01. The van der Waals surface area contributed by atoms with E-state index in [1.807, 2.05) is 35.7 Å². The topological polar surface area (TPSA) is 48.2 Å². The molecule has 0 radical (unpaired) electrons. The van der Waals surface area contributed by atoms with Gasteiger partial charge >= 0.3 is 0 Å². The molecule has 1 aromatic carbocycles. The van der Waals surface area contributed by atoms with Gasteiger partial charge in [-0.1, -0.05) is 11.2 Å². The molecule has 0 spiro atoms. The minimum atomic E-state index is 0.731. The number of ether oxygens (including phenoxy) is 1. The molecule has 3 aromatic heterocycles. The molecule has 4 aromatic rings. The molecule has 3 heterocycles. The molecule has 98 valence electrons. The summed E-state index contributed by atoms with van der Waals surface area (Å²) in [7, 11) is 1.65. The lowest BCUT2D eigenvalue weighted by molar-refractivity contribution is 0.419. The van der Waals surface area contributed by atoms with Crippen molar-refractivity contribution in [1.82, 2.24) is 10.1 Å². The van der Waals surface area contributed by atoms with Gasteiger partial charge in [-0.05, 0) is 29.6 Å². The molecule has 0 aliphatic heterocycles. The number of methoxy groups -OCH3 is 1. The second kappa shape index (κ2) is 4.31. The van der Waals surface area contributed by atoms with E-state index in [0.29, 0.717) is 0 Å². The molecule has 0 bridgehead atoms. The Bertz CT molecular complexity index is 897. The number of hydrogen-bond acceptors (Lipinski definition) is 5. The summed E-state index contributed by atoms with van der Waals surface area (Å²) in [5.41, 5.74) is 1.62. The first kappa shape index (κ1) is 11.4. The van der Waals surface area contributed by atoms with Gasteiger partial charge in [0, 0.05) is 11.6 Å². The second-order valence-corrected chi connectivity index (χ2v) is 5.31. The van der Waals surface area contributed by atoms with Crippen LogP contribution in [0.3, 0.4) is 0 Å². The molecule has 0 aliphatic carbocycles. The average molecular weight is 282 g/mol. The van der Waals surface area contributed by atoms with Gasteiger partial charge in [0.05, 0.1) is 17.4 Å². The van der Waals surface area contributed by atoms with Gasteiger partial charge in [-0.3, -0.25) is 4.98 Å². The van der Waals surface area contributed by atoms with Crippen molar-refractivity contribution in [2.75, 3.05) is 7.11 Å². The normalized spacial score (nSPS) is 11.2. The summed E-state index contributed by atoms with van der Waals surface area (Å²) in [4.78, 5) is 5.42. The van der Waals surface area contributed by atoms with Gasteiger partial charge in [-0.15, -0.1) is 11.3 Å². The van der Waals surface area contributed by atoms with Crippen LogP contribution in [0.4, 0.5) is 0 Å². The quantitative estimate of drug-likeness (QED) is 0.555. The average Bonchev–Trinajstić information content (AvgIpc) is 3.15. The van der Waals surface area contributed by atoms with Crippen molar-refractivity contribution < 1.29 is 9.26 Å². The van der Waals surface area contributed by atoms with Gasteiger partial charge in [0.2, 0.25) is 0 Å². The van der Waals surface area contributed by atoms with Crippen molar-refractivity contribution in [2.24, 2.45) is 0 Å². The molecule has 20 heavy (non-hydrogen) atoms. The van der Waals surface area contributed by atoms with Crippen molar-refractivity contribution in [1.29, 1.82) is 0 Å². The Morgan fingerprint density at radius 3 is 2.90 bits per heavy atom. The van der Waals surface area contributed by atoms with Crippen molar-refractivity contribution in [3.63, 3.8) is 0 Å². The van der Waals surface area contributed by atoms with Crippen LogP contribution in [0.5, 0.6) is 5.75 Å². The zero-order valence-electron chi connectivity index (χ0n) is 10.7. The van der Waals surface area contributed by atoms with Crippen LogP contribution < -0.4 is 4.74 Å². The molecule has 0 atom stereocenters. The molecule has 0 amide bonds. The zero-order chi connectivity index (χ0) is 13.5. The summed E-state index contributed by atoms with van der Waals surface area (Å²) >= 11 is 1.62. The van der Waals surface area contributed by atoms with E-state index in [0.717, 1.165) is 38.2 Å². The van der Waals surface area contributed by atoms with Crippen molar-refractivity contribution in [2.45, 2.75) is 0 Å². The SMILES string of the molecule is COc1cc2c(-c3cccs3)onc2c2cccnc12. The highest BCUT2D eigenvalue weighted by atomic mass is 32.1. The minimum absolute atomic E-state index is 0.731. The van der Waals surface area contributed by atoms with Crippen molar-refractivity contribution in [3.8, 4) is 16.4 Å². The lowest BCUT2D eigenvalue weighted by Crippen LogP contribution is -1.88. The summed E-state index contributed by atoms with van der Waals surface area (Å²) in [6.07, 6.45) is 1.75. The van der Waals surface area contributed by atoms with Gasteiger partial charge < -0.3 is 9.26 Å². The molecule has 0 saturated heterocycles. The van der Waals surface area contributed by atoms with Crippen LogP contribution in [0.15, 0.2) is 46.4 Å². The Morgan fingerprint density at radius 1 is 1.15 bits per heavy atom. The standard InChI is InChI=1S/C15H10N2O2S/c1-18-11-8-10-13(9-4-2-6-16-14(9)11)17-19-15(10)12-5-3-7-20-12/h2-8H,1H3. The Morgan fingerprint density at radius 2 is 2.10 bits per heavy atom. The van der Waals surface area contributed by atoms with E-state index in [4.69, 9.17) is 9.26 Å². The Kier molecular flexibility index (Phi) is 2.47. The van der Waals surface area contributed by atoms with E-state index in [2.05, 4.69) is 10.1 Å². The molecular formula is C15H10N2O2S. The largest absolute Gasteiger partial charge is 0.494 e. The fourth-order valence-corrected chi connectivity index (χ4v) is 3.07. The number of rotatable bonds is 2. The minimum Gasteiger partial charge on any atom is -0.494 e. The Hall–Kier alpha value is -2.40. The summed E-state index contributed by atoms with van der Waals surface area (Å²) < 4.78 is 11.0. The number of aromatic nitrogens is 2. The van der Waals surface area contributed by atoms with Gasteiger partial charge in [-0.25, -0.2) is 0 Å². The lowest BCUT2D eigenvalue weighted by atomic mass is 10.1. The molecule has 0 aliphatic rings. The van der Waals surface area contributed by atoms with E-state index in [1.54, 1.807) is 24.6 Å². The van der Waals surface area contributed by atoms with Crippen LogP contribution >= 0.6 is 11.3 Å². The second-order valence-electron chi connectivity index (χ2n) is 4.36. The first-order chi connectivity index (χ1) is 9.88. The summed E-state index contributed by atoms with van der Waals surface area (Å²) in [5, 5.41) is 8.12. The Balaban J connectivity index is 2.14. The fraction of sp³-hybridized carbons (Fsp3) is 0.0667. The van der Waals surface area contributed by atoms with Gasteiger partial charge in [0.1, 0.15) is 16.8 Å². The van der Waals surface area contributed by atoms with Crippen LogP contribution in [0, 0.1) is 0 Å². The number of thiophene rings is 1. The highest BCUT2D eigenvalue weighted by Crippen LogP contribution is 2.38. The number of nitrogens with zero attached hydrogens (tertiary/aromatic N) is 2. The highest BCUT2D eigenvalue weighted by Gasteiger charge is 2.17. The summed E-state index contributed by atoms with van der Waals surface area (Å²) in [6, 6.07) is 9.82. The lowest BCUT2D eigenvalue weighted by Gasteiger charge is -2.04. The van der Waals surface area contributed by atoms with Gasteiger partial charge in [0.25, 0.3) is 0 Å². The van der Waals surface area contributed by atoms with Gasteiger partial charge in [0.15, 0.2) is 5.76 Å². The fourth-order valence-electron chi connectivity index (χ4n) is 2.36. The van der Waals surface area contributed by atoms with Gasteiger partial charge in [-0.2, -0.15) is 0 Å². The van der Waals surface area contributed by atoms with E-state index in [9.17, 15) is 0 Å². The van der Waals surface area contributed by atoms with E-state index in [1.165, 1.54) is 0 Å². The monoisotopic (exact) mass is 282 g/mol. The number of fused-ring (bicyclic) bond motifs is 3. The molecule has 0 fully saturated rings. The first-order valence-electron chi connectivity index (χ1n) is 6.13. The molecule has 4 nitrogen and oxygen atoms in total.